The van der Waals surface area contributed by atoms with Crippen LogP contribution in [-0.2, 0) is 23.8 Å². The molecule has 1 fully saturated rings. The van der Waals surface area contributed by atoms with Crippen LogP contribution in [0.2, 0.25) is 0 Å². The molecule has 1 aromatic heterocycles. The van der Waals surface area contributed by atoms with Gasteiger partial charge in [-0.3, -0.25) is 14.4 Å². The summed E-state index contributed by atoms with van der Waals surface area (Å²) in [5, 5.41) is 0.574. The first-order chi connectivity index (χ1) is 17.2. The maximum absolute atomic E-state index is 13.2. The summed E-state index contributed by atoms with van der Waals surface area (Å²) in [6.45, 7) is 7.19. The predicted octanol–water partition coefficient (Wildman–Crippen LogP) is 2.37. The lowest BCUT2D eigenvalue weighted by atomic mass is 9.97. The summed E-state index contributed by atoms with van der Waals surface area (Å²) >= 11 is 0. The zero-order chi connectivity index (χ0) is 25.8. The number of fused-ring (bicyclic) bond motifs is 1. The van der Waals surface area contributed by atoms with Crippen molar-refractivity contribution < 1.29 is 28.2 Å². The minimum atomic E-state index is -0.610. The molecule has 36 heavy (non-hydrogen) atoms. The molecule has 2 heterocycles. The van der Waals surface area contributed by atoms with Crippen LogP contribution in [-0.4, -0.2) is 50.6 Å². The number of carbonyl (C=O) groups excluding carboxylic acids is 2. The van der Waals surface area contributed by atoms with E-state index in [1.807, 2.05) is 36.4 Å². The average molecular weight is 497 g/mol. The second-order valence-electron chi connectivity index (χ2n) is 10.2. The van der Waals surface area contributed by atoms with Crippen LogP contribution >= 0.6 is 0 Å². The predicted molar refractivity (Wildman–Crippen MR) is 135 cm³/mol. The topological polar surface area (TPSA) is 92.0 Å². The highest BCUT2D eigenvalue weighted by Gasteiger charge is 2.38. The molecule has 2 aliphatic rings. The van der Waals surface area contributed by atoms with Crippen molar-refractivity contribution in [2.75, 3.05) is 33.0 Å². The number of quaternary nitrogens is 1. The summed E-state index contributed by atoms with van der Waals surface area (Å²) in [6, 6.07) is 11.4. The summed E-state index contributed by atoms with van der Waals surface area (Å²) < 4.78 is 23.0. The van der Waals surface area contributed by atoms with Gasteiger partial charge in [0.25, 0.3) is 0 Å². The van der Waals surface area contributed by atoms with Gasteiger partial charge in [0, 0.05) is 5.57 Å². The Hall–Kier alpha value is -3.23. The number of hydrogen-bond donors (Lipinski definition) is 0. The minimum absolute atomic E-state index is 0.0113. The molecule has 192 valence electrons. The molecular formula is C28H34NO7+. The zero-order valence-corrected chi connectivity index (χ0v) is 21.2. The molecule has 1 saturated heterocycles. The second kappa shape index (κ2) is 10.8. The first-order valence-electron chi connectivity index (χ1n) is 12.4. The van der Waals surface area contributed by atoms with Gasteiger partial charge in [-0.2, -0.15) is 0 Å². The third kappa shape index (κ3) is 6.12. The molecular weight excluding hydrogens is 462 g/mol. The van der Waals surface area contributed by atoms with Gasteiger partial charge < -0.3 is 18.6 Å². The van der Waals surface area contributed by atoms with E-state index in [0.717, 1.165) is 24.0 Å². The monoisotopic (exact) mass is 496 g/mol. The minimum Gasteiger partial charge on any atom is -0.460 e. The van der Waals surface area contributed by atoms with E-state index < -0.39 is 17.5 Å². The number of rotatable bonds is 7. The van der Waals surface area contributed by atoms with Gasteiger partial charge >= 0.3 is 17.8 Å². The number of hydrogen-bond acceptors (Lipinski definition) is 7. The fourth-order valence-electron chi connectivity index (χ4n) is 4.50. The van der Waals surface area contributed by atoms with E-state index in [1.165, 1.54) is 6.07 Å². The molecule has 4 rings (SSSR count). The van der Waals surface area contributed by atoms with Crippen LogP contribution in [0.5, 0.6) is 0 Å². The van der Waals surface area contributed by atoms with E-state index in [9.17, 15) is 14.4 Å². The zero-order valence-electron chi connectivity index (χ0n) is 21.2. The Morgan fingerprint density at radius 1 is 1.03 bits per heavy atom. The Bertz CT molecular complexity index is 1280. The number of morpholine rings is 1. The van der Waals surface area contributed by atoms with E-state index in [1.54, 1.807) is 20.8 Å². The van der Waals surface area contributed by atoms with Crippen LogP contribution < -0.4 is 20.5 Å². The van der Waals surface area contributed by atoms with Crippen molar-refractivity contribution in [3.63, 3.8) is 0 Å². The van der Waals surface area contributed by atoms with Gasteiger partial charge in [0.2, 0.25) is 6.73 Å². The maximum Gasteiger partial charge on any atom is 0.310 e. The molecule has 0 amide bonds. The SMILES string of the molecule is CC(C)(C)OC(=O)CCC(=O)OC[N+]1(c2cc(=O)c3c(o2)=C(c2ccccc2)CCC=3)CCOCC1. The van der Waals surface area contributed by atoms with Gasteiger partial charge in [0.1, 0.15) is 24.1 Å². The van der Waals surface area contributed by atoms with E-state index in [-0.39, 0.29) is 29.5 Å². The summed E-state index contributed by atoms with van der Waals surface area (Å²) in [5.74, 6) is -0.503. The van der Waals surface area contributed by atoms with Crippen LogP contribution in [0.1, 0.15) is 52.0 Å². The van der Waals surface area contributed by atoms with Gasteiger partial charge in [-0.25, -0.2) is 4.48 Å². The van der Waals surface area contributed by atoms with Crippen molar-refractivity contribution in [2.45, 2.75) is 52.1 Å². The summed E-state index contributed by atoms with van der Waals surface area (Å²) in [5.41, 5.74) is 1.87. The molecule has 1 aliphatic carbocycles. The van der Waals surface area contributed by atoms with E-state index in [4.69, 9.17) is 18.6 Å². The normalized spacial score (nSPS) is 17.0. The largest absolute Gasteiger partial charge is 0.460 e. The van der Waals surface area contributed by atoms with Crippen molar-refractivity contribution in [3.05, 3.63) is 62.8 Å². The van der Waals surface area contributed by atoms with Crippen LogP contribution in [0, 0.1) is 0 Å². The smallest absolute Gasteiger partial charge is 0.310 e. The molecule has 0 atom stereocenters. The molecule has 0 N–H and O–H groups in total. The van der Waals surface area contributed by atoms with Gasteiger partial charge in [0.05, 0.1) is 37.3 Å². The van der Waals surface area contributed by atoms with Crippen molar-refractivity contribution in [2.24, 2.45) is 0 Å². The molecule has 0 radical (unpaired) electrons. The first-order valence-corrected chi connectivity index (χ1v) is 12.4. The van der Waals surface area contributed by atoms with Gasteiger partial charge in [-0.05, 0) is 39.2 Å². The fraction of sp³-hybridized carbons (Fsp3) is 0.464. The summed E-state index contributed by atoms with van der Waals surface area (Å²) in [6.07, 6.45) is 3.33. The Labute approximate surface area is 210 Å². The van der Waals surface area contributed by atoms with Gasteiger partial charge in [-0.15, -0.1) is 0 Å². The fourth-order valence-corrected chi connectivity index (χ4v) is 4.50. The summed E-state index contributed by atoms with van der Waals surface area (Å²) in [4.78, 5) is 37.6. The van der Waals surface area contributed by atoms with Crippen LogP contribution in [0.3, 0.4) is 0 Å². The lowest BCUT2D eigenvalue weighted by Gasteiger charge is -2.37. The van der Waals surface area contributed by atoms with E-state index >= 15 is 0 Å². The molecule has 8 heteroatoms. The lowest BCUT2D eigenvalue weighted by molar-refractivity contribution is -0.160. The Morgan fingerprint density at radius 2 is 1.72 bits per heavy atom. The third-order valence-corrected chi connectivity index (χ3v) is 6.33. The van der Waals surface area contributed by atoms with Crippen molar-refractivity contribution in [1.29, 1.82) is 0 Å². The molecule has 1 aromatic carbocycles. The van der Waals surface area contributed by atoms with Crippen molar-refractivity contribution in [3.8, 4) is 0 Å². The van der Waals surface area contributed by atoms with Crippen LogP contribution in [0.15, 0.2) is 45.6 Å². The Morgan fingerprint density at radius 3 is 2.42 bits per heavy atom. The Balaban J connectivity index is 1.61. The van der Waals surface area contributed by atoms with Gasteiger partial charge in [0.15, 0.2) is 5.43 Å². The standard InChI is InChI=1S/C28H34NO7/c1-28(2,3)36-26(32)13-12-25(31)34-19-29(14-16-33-17-15-29)24-18-23(30)22-11-7-10-21(27(22)35-24)20-8-5-4-6-9-20/h4-6,8-9,11,18H,7,10,12-17,19H2,1-3H3/q+1. The molecule has 0 bridgehead atoms. The number of benzene rings is 1. The molecule has 2 aromatic rings. The van der Waals surface area contributed by atoms with Crippen molar-refractivity contribution >= 4 is 29.5 Å². The van der Waals surface area contributed by atoms with E-state index in [2.05, 4.69) is 0 Å². The average Bonchev–Trinajstić information content (AvgIpc) is 2.86. The van der Waals surface area contributed by atoms with Crippen LogP contribution in [0.4, 0.5) is 5.88 Å². The molecule has 1 aliphatic heterocycles. The number of ether oxygens (including phenoxy) is 3. The molecule has 0 unspecified atom stereocenters. The van der Waals surface area contributed by atoms with Gasteiger partial charge in [-0.1, -0.05) is 36.4 Å². The van der Waals surface area contributed by atoms with Crippen molar-refractivity contribution in [1.82, 2.24) is 4.48 Å². The highest BCUT2D eigenvalue weighted by atomic mass is 16.6. The van der Waals surface area contributed by atoms with E-state index in [0.29, 0.717) is 42.8 Å². The maximum atomic E-state index is 13.2. The molecule has 0 saturated carbocycles. The molecule has 8 nitrogen and oxygen atoms in total. The summed E-state index contributed by atoms with van der Waals surface area (Å²) in [7, 11) is 0. The lowest BCUT2D eigenvalue weighted by Crippen LogP contribution is -2.59. The Kier molecular flexibility index (Phi) is 7.76. The quantitative estimate of drug-likeness (QED) is 0.429. The number of carbonyl (C=O) groups is 2. The number of nitrogens with zero attached hydrogens (tertiary/aromatic N) is 1. The third-order valence-electron chi connectivity index (χ3n) is 6.33. The number of esters is 2. The molecule has 0 spiro atoms. The highest BCUT2D eigenvalue weighted by Crippen LogP contribution is 2.25. The highest BCUT2D eigenvalue weighted by molar-refractivity contribution is 5.77. The second-order valence-corrected chi connectivity index (χ2v) is 10.2. The first kappa shape index (κ1) is 25.9. The van der Waals surface area contributed by atoms with Crippen LogP contribution in [0.25, 0.3) is 11.6 Å².